The Labute approximate surface area is 135 Å². The summed E-state index contributed by atoms with van der Waals surface area (Å²) in [6.45, 7) is 0. The number of para-hydroxylation sites is 1. The van der Waals surface area contributed by atoms with Gasteiger partial charge in [0.2, 0.25) is 5.90 Å². The Balaban J connectivity index is 1.95. The summed E-state index contributed by atoms with van der Waals surface area (Å²) in [5.41, 5.74) is 1.73. The van der Waals surface area contributed by atoms with Gasteiger partial charge in [-0.25, -0.2) is 4.99 Å². The molecule has 3 aromatic rings. The minimum absolute atomic E-state index is 0.557. The maximum atomic E-state index is 5.98. The summed E-state index contributed by atoms with van der Waals surface area (Å²) in [7, 11) is 1.65. The van der Waals surface area contributed by atoms with E-state index in [0.29, 0.717) is 5.90 Å². The van der Waals surface area contributed by atoms with Gasteiger partial charge in [-0.1, -0.05) is 36.4 Å². The third-order valence-corrected chi connectivity index (χ3v) is 3.28. The Morgan fingerprint density at radius 1 is 0.696 bits per heavy atom. The van der Waals surface area contributed by atoms with Crippen molar-refractivity contribution in [3.63, 3.8) is 0 Å². The average Bonchev–Trinajstić information content (AvgIpc) is 2.63. The van der Waals surface area contributed by atoms with Crippen molar-refractivity contribution in [3.05, 3.63) is 90.5 Å². The summed E-state index contributed by atoms with van der Waals surface area (Å²) >= 11 is 0. The fourth-order valence-electron chi connectivity index (χ4n) is 2.10. The van der Waals surface area contributed by atoms with Crippen molar-refractivity contribution in [3.8, 4) is 11.5 Å². The molecule has 0 N–H and O–H groups in total. The topological polar surface area (TPSA) is 30.8 Å². The number of hydrogen-bond donors (Lipinski definition) is 0. The van der Waals surface area contributed by atoms with Gasteiger partial charge in [-0.3, -0.25) is 0 Å². The van der Waals surface area contributed by atoms with Crippen LogP contribution in [0.1, 0.15) is 5.56 Å². The highest BCUT2D eigenvalue weighted by atomic mass is 16.5. The van der Waals surface area contributed by atoms with Crippen LogP contribution in [0.15, 0.2) is 89.9 Å². The molecule has 0 amide bonds. The van der Waals surface area contributed by atoms with Gasteiger partial charge in [-0.15, -0.1) is 0 Å². The molecule has 0 aliphatic heterocycles. The van der Waals surface area contributed by atoms with Gasteiger partial charge in [0.05, 0.1) is 12.8 Å². The Kier molecular flexibility index (Phi) is 4.69. The lowest BCUT2D eigenvalue weighted by molar-refractivity contribution is 0.415. The highest BCUT2D eigenvalue weighted by Crippen LogP contribution is 2.20. The molecule has 0 spiro atoms. The third-order valence-electron chi connectivity index (χ3n) is 3.28. The number of rotatable bonds is 4. The molecule has 114 valence electrons. The molecule has 0 saturated carbocycles. The van der Waals surface area contributed by atoms with Gasteiger partial charge in [0, 0.05) is 5.56 Å². The minimum atomic E-state index is 0.557. The third kappa shape index (κ3) is 3.98. The fraction of sp³-hybridized carbons (Fsp3) is 0.0500. The number of aliphatic imine (C=N–C) groups is 1. The fourth-order valence-corrected chi connectivity index (χ4v) is 2.10. The van der Waals surface area contributed by atoms with Gasteiger partial charge >= 0.3 is 0 Å². The molecular formula is C20H17NO2. The zero-order valence-corrected chi connectivity index (χ0v) is 12.8. The van der Waals surface area contributed by atoms with Gasteiger partial charge in [0.25, 0.3) is 0 Å². The molecule has 0 aliphatic rings. The number of hydrogen-bond acceptors (Lipinski definition) is 3. The molecule has 0 bridgehead atoms. The van der Waals surface area contributed by atoms with Crippen LogP contribution in [0.25, 0.3) is 0 Å². The second-order valence-electron chi connectivity index (χ2n) is 4.90. The number of nitrogens with zero attached hydrogens (tertiary/aromatic N) is 1. The van der Waals surface area contributed by atoms with Crippen LogP contribution >= 0.6 is 0 Å². The van der Waals surface area contributed by atoms with Gasteiger partial charge in [0.1, 0.15) is 11.5 Å². The maximum Gasteiger partial charge on any atom is 0.227 e. The van der Waals surface area contributed by atoms with Crippen molar-refractivity contribution in [2.75, 3.05) is 7.11 Å². The molecule has 3 nitrogen and oxygen atoms in total. The van der Waals surface area contributed by atoms with Crippen LogP contribution in [0.2, 0.25) is 0 Å². The first kappa shape index (κ1) is 14.9. The summed E-state index contributed by atoms with van der Waals surface area (Å²) in [6, 6.07) is 27.1. The summed E-state index contributed by atoms with van der Waals surface area (Å²) in [6.07, 6.45) is 0. The van der Waals surface area contributed by atoms with Crippen molar-refractivity contribution in [2.24, 2.45) is 4.99 Å². The van der Waals surface area contributed by atoms with Crippen LogP contribution in [-0.4, -0.2) is 13.0 Å². The lowest BCUT2D eigenvalue weighted by Gasteiger charge is -2.09. The molecular weight excluding hydrogens is 286 g/mol. The molecule has 0 heterocycles. The first-order valence-corrected chi connectivity index (χ1v) is 7.36. The number of methoxy groups -OCH3 is 1. The van der Waals surface area contributed by atoms with Gasteiger partial charge in [-0.2, -0.15) is 0 Å². The smallest absolute Gasteiger partial charge is 0.227 e. The molecule has 0 saturated heterocycles. The van der Waals surface area contributed by atoms with E-state index < -0.39 is 0 Å². The standard InChI is InChI=1S/C20H17NO2/c1-22-18-14-12-17(13-15-18)21-20(16-8-4-2-5-9-16)23-19-10-6-3-7-11-19/h2-15H,1H3. The van der Waals surface area contributed by atoms with Crippen molar-refractivity contribution < 1.29 is 9.47 Å². The van der Waals surface area contributed by atoms with E-state index in [1.54, 1.807) is 7.11 Å². The predicted molar refractivity (Wildman–Crippen MR) is 92.7 cm³/mol. The summed E-state index contributed by atoms with van der Waals surface area (Å²) < 4.78 is 11.2. The molecule has 0 atom stereocenters. The zero-order chi connectivity index (χ0) is 15.9. The molecule has 0 fully saturated rings. The molecule has 0 unspecified atom stereocenters. The largest absolute Gasteiger partial charge is 0.497 e. The molecule has 0 aromatic heterocycles. The minimum Gasteiger partial charge on any atom is -0.497 e. The van der Waals surface area contributed by atoms with Crippen LogP contribution in [0.5, 0.6) is 11.5 Å². The second kappa shape index (κ2) is 7.27. The number of ether oxygens (including phenoxy) is 2. The van der Waals surface area contributed by atoms with E-state index in [9.17, 15) is 0 Å². The lowest BCUT2D eigenvalue weighted by Crippen LogP contribution is -2.09. The van der Waals surface area contributed by atoms with Gasteiger partial charge in [0.15, 0.2) is 0 Å². The SMILES string of the molecule is COc1ccc(N=C(Oc2ccccc2)c2ccccc2)cc1. The van der Waals surface area contributed by atoms with E-state index in [-0.39, 0.29) is 0 Å². The van der Waals surface area contributed by atoms with Crippen molar-refractivity contribution in [2.45, 2.75) is 0 Å². The van der Waals surface area contributed by atoms with Crippen LogP contribution in [-0.2, 0) is 0 Å². The first-order chi connectivity index (χ1) is 11.3. The first-order valence-electron chi connectivity index (χ1n) is 7.36. The molecule has 23 heavy (non-hydrogen) atoms. The van der Waals surface area contributed by atoms with Crippen molar-refractivity contribution >= 4 is 11.6 Å². The summed E-state index contributed by atoms with van der Waals surface area (Å²) in [5.74, 6) is 2.11. The van der Waals surface area contributed by atoms with Gasteiger partial charge < -0.3 is 9.47 Å². The van der Waals surface area contributed by atoms with E-state index >= 15 is 0 Å². The van der Waals surface area contributed by atoms with Crippen LogP contribution in [0.4, 0.5) is 5.69 Å². The Hall–Kier alpha value is -3.07. The number of benzene rings is 3. The predicted octanol–water partition coefficient (Wildman–Crippen LogP) is 4.85. The maximum absolute atomic E-state index is 5.98. The summed E-state index contributed by atoms with van der Waals surface area (Å²) in [4.78, 5) is 4.64. The molecule has 3 aromatic carbocycles. The van der Waals surface area contributed by atoms with Crippen LogP contribution in [0, 0.1) is 0 Å². The highest BCUT2D eigenvalue weighted by molar-refractivity contribution is 5.97. The van der Waals surface area contributed by atoms with Gasteiger partial charge in [-0.05, 0) is 48.5 Å². The van der Waals surface area contributed by atoms with E-state index in [1.165, 1.54) is 0 Å². The molecule has 0 aliphatic carbocycles. The molecule has 3 rings (SSSR count). The Bertz CT molecular complexity index is 766. The summed E-state index contributed by atoms with van der Waals surface area (Å²) in [5, 5.41) is 0. The van der Waals surface area contributed by atoms with Crippen LogP contribution < -0.4 is 9.47 Å². The average molecular weight is 303 g/mol. The monoisotopic (exact) mass is 303 g/mol. The second-order valence-corrected chi connectivity index (χ2v) is 4.90. The zero-order valence-electron chi connectivity index (χ0n) is 12.8. The molecule has 0 radical (unpaired) electrons. The quantitative estimate of drug-likeness (QED) is 0.509. The Morgan fingerprint density at radius 2 is 1.30 bits per heavy atom. The Morgan fingerprint density at radius 3 is 1.91 bits per heavy atom. The van der Waals surface area contributed by atoms with E-state index in [2.05, 4.69) is 4.99 Å². The van der Waals surface area contributed by atoms with Crippen LogP contribution in [0.3, 0.4) is 0 Å². The van der Waals surface area contributed by atoms with E-state index in [1.807, 2.05) is 84.9 Å². The molecule has 3 heteroatoms. The lowest BCUT2D eigenvalue weighted by atomic mass is 10.2. The van der Waals surface area contributed by atoms with Crippen molar-refractivity contribution in [1.82, 2.24) is 0 Å². The normalized spacial score (nSPS) is 11.1. The van der Waals surface area contributed by atoms with E-state index in [0.717, 1.165) is 22.7 Å². The van der Waals surface area contributed by atoms with Crippen molar-refractivity contribution in [1.29, 1.82) is 0 Å². The van der Waals surface area contributed by atoms with E-state index in [4.69, 9.17) is 9.47 Å². The highest BCUT2D eigenvalue weighted by Gasteiger charge is 2.07.